The summed E-state index contributed by atoms with van der Waals surface area (Å²) in [5, 5.41) is 16.0. The zero-order valence-electron chi connectivity index (χ0n) is 19.0. The van der Waals surface area contributed by atoms with Crippen molar-refractivity contribution in [2.75, 3.05) is 37.5 Å². The van der Waals surface area contributed by atoms with E-state index in [2.05, 4.69) is 38.9 Å². The number of rotatable bonds is 7. The van der Waals surface area contributed by atoms with Gasteiger partial charge >= 0.3 is 6.03 Å². The number of nitrogens with zero attached hydrogens (tertiary/aromatic N) is 6. The van der Waals surface area contributed by atoms with Gasteiger partial charge in [-0.05, 0) is 24.8 Å². The fourth-order valence-electron chi connectivity index (χ4n) is 4.08. The molecule has 4 heterocycles. The highest BCUT2D eigenvalue weighted by Gasteiger charge is 2.31. The molecule has 2 amide bonds. The second-order valence-electron chi connectivity index (χ2n) is 9.18. The van der Waals surface area contributed by atoms with Gasteiger partial charge < -0.3 is 19.9 Å². The second kappa shape index (κ2) is 8.09. The zero-order chi connectivity index (χ0) is 22.4. The van der Waals surface area contributed by atoms with E-state index in [4.69, 9.17) is 14.8 Å². The van der Waals surface area contributed by atoms with Crippen molar-refractivity contribution in [3.8, 4) is 11.4 Å². The molecule has 10 nitrogen and oxygen atoms in total. The van der Waals surface area contributed by atoms with Crippen LogP contribution in [0.4, 0.5) is 16.3 Å². The molecule has 0 unspecified atom stereocenters. The number of methoxy groups -OCH3 is 1. The standard InChI is InChI=1S/C22H30N8O2/c1-13(2)10-30-19-7-17(23-8-16(19)21(27-30)29-11-15(12-29)32-4)20-18(9-24-26-20)25-22(31)28(3)14-5-6-14/h7-9,13-15H,5-6,10-12H2,1-4H3,(H,24,26)(H,25,31). The van der Waals surface area contributed by atoms with Gasteiger partial charge in [-0.3, -0.25) is 14.8 Å². The van der Waals surface area contributed by atoms with Crippen molar-refractivity contribution < 1.29 is 9.53 Å². The molecule has 2 N–H and O–H groups in total. The minimum atomic E-state index is -0.131. The summed E-state index contributed by atoms with van der Waals surface area (Å²) in [6.07, 6.45) is 5.86. The summed E-state index contributed by atoms with van der Waals surface area (Å²) in [6, 6.07) is 2.23. The predicted molar refractivity (Wildman–Crippen MR) is 123 cm³/mol. The maximum atomic E-state index is 12.6. The Kier molecular flexibility index (Phi) is 5.24. The maximum absolute atomic E-state index is 12.6. The molecule has 10 heteroatoms. The molecule has 0 aromatic carbocycles. The Bertz CT molecular complexity index is 1130. The smallest absolute Gasteiger partial charge is 0.321 e. The Morgan fingerprint density at radius 3 is 2.81 bits per heavy atom. The first kappa shape index (κ1) is 20.7. The number of aromatic nitrogens is 5. The molecule has 1 saturated heterocycles. The minimum Gasteiger partial charge on any atom is -0.378 e. The van der Waals surface area contributed by atoms with Gasteiger partial charge in [0.25, 0.3) is 0 Å². The Morgan fingerprint density at radius 2 is 2.12 bits per heavy atom. The van der Waals surface area contributed by atoms with Crippen LogP contribution >= 0.6 is 0 Å². The number of pyridine rings is 1. The molecular formula is C22H30N8O2. The zero-order valence-corrected chi connectivity index (χ0v) is 19.0. The van der Waals surface area contributed by atoms with E-state index >= 15 is 0 Å². The van der Waals surface area contributed by atoms with Gasteiger partial charge in [0.2, 0.25) is 0 Å². The SMILES string of the molecule is COC1CN(c2nn(CC(C)C)c3cc(-c4[nH]ncc4NC(=O)N(C)C4CC4)ncc23)C1. The van der Waals surface area contributed by atoms with E-state index in [1.54, 1.807) is 18.2 Å². The van der Waals surface area contributed by atoms with Crippen LogP contribution in [-0.4, -0.2) is 75.3 Å². The van der Waals surface area contributed by atoms with E-state index in [9.17, 15) is 4.79 Å². The number of hydrogen-bond donors (Lipinski definition) is 2. The van der Waals surface area contributed by atoms with Gasteiger partial charge in [-0.25, -0.2) is 4.79 Å². The Balaban J connectivity index is 1.47. The Morgan fingerprint density at radius 1 is 1.34 bits per heavy atom. The molecule has 0 bridgehead atoms. The molecule has 3 aromatic rings. The third-order valence-corrected chi connectivity index (χ3v) is 6.19. The first-order valence-corrected chi connectivity index (χ1v) is 11.2. The number of hydrogen-bond acceptors (Lipinski definition) is 6. The van der Waals surface area contributed by atoms with Crippen molar-refractivity contribution in [1.82, 2.24) is 29.9 Å². The molecule has 1 aliphatic heterocycles. The average molecular weight is 439 g/mol. The minimum absolute atomic E-state index is 0.131. The van der Waals surface area contributed by atoms with Crippen LogP contribution < -0.4 is 10.2 Å². The number of H-pyrrole nitrogens is 1. The van der Waals surface area contributed by atoms with Crippen LogP contribution in [0.2, 0.25) is 0 Å². The van der Waals surface area contributed by atoms with Crippen molar-refractivity contribution >= 4 is 28.4 Å². The highest BCUT2D eigenvalue weighted by atomic mass is 16.5. The number of fused-ring (bicyclic) bond motifs is 1. The number of carbonyl (C=O) groups excluding carboxylic acids is 1. The largest absolute Gasteiger partial charge is 0.378 e. The number of anilines is 2. The molecule has 0 radical (unpaired) electrons. The Hall–Kier alpha value is -3.14. The number of aromatic amines is 1. The lowest BCUT2D eigenvalue weighted by Gasteiger charge is -2.38. The summed E-state index contributed by atoms with van der Waals surface area (Å²) in [6.45, 7) is 6.83. The first-order chi connectivity index (χ1) is 15.4. The van der Waals surface area contributed by atoms with Crippen molar-refractivity contribution in [3.63, 3.8) is 0 Å². The van der Waals surface area contributed by atoms with E-state index in [1.165, 1.54) is 0 Å². The van der Waals surface area contributed by atoms with Gasteiger partial charge in [0.1, 0.15) is 5.69 Å². The number of carbonyl (C=O) groups is 1. The van der Waals surface area contributed by atoms with Crippen LogP contribution in [0.1, 0.15) is 26.7 Å². The number of urea groups is 1. The van der Waals surface area contributed by atoms with Crippen molar-refractivity contribution in [2.45, 2.75) is 45.4 Å². The summed E-state index contributed by atoms with van der Waals surface area (Å²) >= 11 is 0. The lowest BCUT2D eigenvalue weighted by Crippen LogP contribution is -2.52. The van der Waals surface area contributed by atoms with Crippen molar-refractivity contribution in [3.05, 3.63) is 18.5 Å². The third kappa shape index (κ3) is 3.79. The molecule has 0 atom stereocenters. The molecule has 1 saturated carbocycles. The highest BCUT2D eigenvalue weighted by Crippen LogP contribution is 2.33. The lowest BCUT2D eigenvalue weighted by molar-refractivity contribution is 0.0783. The van der Waals surface area contributed by atoms with Crippen molar-refractivity contribution in [1.29, 1.82) is 0 Å². The number of amides is 2. The van der Waals surface area contributed by atoms with Crippen LogP contribution in [0, 0.1) is 5.92 Å². The quantitative estimate of drug-likeness (QED) is 0.588. The number of ether oxygens (including phenoxy) is 1. The second-order valence-corrected chi connectivity index (χ2v) is 9.18. The van der Waals surface area contributed by atoms with Crippen LogP contribution in [-0.2, 0) is 11.3 Å². The van der Waals surface area contributed by atoms with Gasteiger partial charge in [0.05, 0.1) is 34.6 Å². The highest BCUT2D eigenvalue weighted by molar-refractivity contribution is 5.96. The topological polar surface area (TPSA) is 104 Å². The first-order valence-electron chi connectivity index (χ1n) is 11.2. The fourth-order valence-corrected chi connectivity index (χ4v) is 4.08. The maximum Gasteiger partial charge on any atom is 0.321 e. The summed E-state index contributed by atoms with van der Waals surface area (Å²) in [7, 11) is 3.57. The molecule has 1 aliphatic carbocycles. The molecule has 32 heavy (non-hydrogen) atoms. The van der Waals surface area contributed by atoms with Gasteiger partial charge in [-0.15, -0.1) is 0 Å². The normalized spacial score (nSPS) is 16.6. The molecule has 170 valence electrons. The molecular weight excluding hydrogens is 408 g/mol. The van der Waals surface area contributed by atoms with E-state index in [0.717, 1.165) is 49.2 Å². The van der Waals surface area contributed by atoms with Crippen LogP contribution in [0.5, 0.6) is 0 Å². The van der Waals surface area contributed by atoms with E-state index < -0.39 is 0 Å². The molecule has 2 fully saturated rings. The van der Waals surface area contributed by atoms with Gasteiger partial charge in [0, 0.05) is 46.0 Å². The van der Waals surface area contributed by atoms with Crippen LogP contribution in [0.3, 0.4) is 0 Å². The summed E-state index contributed by atoms with van der Waals surface area (Å²) in [4.78, 5) is 21.2. The summed E-state index contributed by atoms with van der Waals surface area (Å²) in [5.74, 6) is 1.39. The molecule has 3 aromatic heterocycles. The number of nitrogens with one attached hydrogen (secondary N) is 2. The van der Waals surface area contributed by atoms with Crippen LogP contribution in [0.25, 0.3) is 22.3 Å². The van der Waals surface area contributed by atoms with E-state index in [0.29, 0.717) is 29.0 Å². The Labute approximate surface area is 186 Å². The predicted octanol–water partition coefficient (Wildman–Crippen LogP) is 2.94. The van der Waals surface area contributed by atoms with Gasteiger partial charge in [0.15, 0.2) is 5.82 Å². The fraction of sp³-hybridized carbons (Fsp3) is 0.545. The van der Waals surface area contributed by atoms with Crippen LogP contribution in [0.15, 0.2) is 18.5 Å². The van der Waals surface area contributed by atoms with Gasteiger partial charge in [-0.1, -0.05) is 13.8 Å². The van der Waals surface area contributed by atoms with Gasteiger partial charge in [-0.2, -0.15) is 10.2 Å². The molecule has 5 rings (SSSR count). The molecule has 0 spiro atoms. The van der Waals surface area contributed by atoms with Crippen molar-refractivity contribution in [2.24, 2.45) is 5.92 Å². The summed E-state index contributed by atoms with van der Waals surface area (Å²) < 4.78 is 7.48. The monoisotopic (exact) mass is 438 g/mol. The third-order valence-electron chi connectivity index (χ3n) is 6.19. The van der Waals surface area contributed by atoms with E-state index in [-0.39, 0.29) is 12.1 Å². The average Bonchev–Trinajstić information content (AvgIpc) is 3.40. The lowest BCUT2D eigenvalue weighted by atomic mass is 10.1. The van der Waals surface area contributed by atoms with E-state index in [1.807, 2.05) is 19.3 Å². The molecule has 2 aliphatic rings. The summed E-state index contributed by atoms with van der Waals surface area (Å²) in [5.41, 5.74) is 3.04.